The summed E-state index contributed by atoms with van der Waals surface area (Å²) in [4.78, 5) is 13.4. The molecule has 0 atom stereocenters. The lowest BCUT2D eigenvalue weighted by Gasteiger charge is -2.25. The summed E-state index contributed by atoms with van der Waals surface area (Å²) in [5, 5.41) is 26.8. The lowest BCUT2D eigenvalue weighted by Crippen LogP contribution is -2.27. The molecule has 3 aromatic rings. The average molecular weight is 500 g/mol. The normalized spacial score (nSPS) is 11.7. The molecule has 3 rings (SSSR count). The maximum absolute atomic E-state index is 13.4. The van der Waals surface area contributed by atoms with Gasteiger partial charge >= 0.3 is 0 Å². The van der Waals surface area contributed by atoms with E-state index >= 15 is 0 Å². The number of carbonyl (C=O) groups excluding carboxylic acids is 1. The molecule has 0 spiro atoms. The Hall–Kier alpha value is -3.40. The van der Waals surface area contributed by atoms with Crippen molar-refractivity contribution in [2.45, 2.75) is 66.3 Å². The number of ether oxygens (including phenoxy) is 3. The van der Waals surface area contributed by atoms with Crippen LogP contribution in [0.25, 0.3) is 5.65 Å². The predicted molar refractivity (Wildman–Crippen MR) is 135 cm³/mol. The Morgan fingerprint density at radius 3 is 2.47 bits per heavy atom. The van der Waals surface area contributed by atoms with Crippen LogP contribution in [0.5, 0.6) is 17.4 Å². The van der Waals surface area contributed by atoms with Crippen molar-refractivity contribution in [3.05, 3.63) is 40.0 Å². The van der Waals surface area contributed by atoms with E-state index < -0.39 is 0 Å². The van der Waals surface area contributed by atoms with Gasteiger partial charge in [0.1, 0.15) is 6.54 Å². The van der Waals surface area contributed by atoms with Crippen molar-refractivity contribution in [2.24, 2.45) is 0 Å². The van der Waals surface area contributed by atoms with E-state index in [4.69, 9.17) is 24.7 Å². The number of ketones is 1. The largest absolute Gasteiger partial charge is 0.493 e. The molecule has 0 amide bonds. The molecule has 0 unspecified atom stereocenters. The number of aromatic nitrogens is 4. The van der Waals surface area contributed by atoms with Crippen LogP contribution in [0, 0.1) is 12.3 Å². The summed E-state index contributed by atoms with van der Waals surface area (Å²) in [6.07, 6.45) is 1.17. The highest BCUT2D eigenvalue weighted by atomic mass is 16.5. The minimum Gasteiger partial charge on any atom is -0.493 e. The lowest BCUT2D eigenvalue weighted by molar-refractivity contribution is 0.0964. The minimum atomic E-state index is -0.319. The van der Waals surface area contributed by atoms with Crippen LogP contribution in [0.15, 0.2) is 12.1 Å². The van der Waals surface area contributed by atoms with Crippen LogP contribution in [0.4, 0.5) is 0 Å². The zero-order valence-corrected chi connectivity index (χ0v) is 22.3. The highest BCUT2D eigenvalue weighted by molar-refractivity contribution is 5.97. The molecule has 0 radical (unpaired) electrons. The fraction of sp³-hybridized carbons (Fsp3) is 0.538. The van der Waals surface area contributed by atoms with Crippen LogP contribution in [-0.4, -0.2) is 57.2 Å². The van der Waals surface area contributed by atoms with Crippen molar-refractivity contribution >= 4 is 11.4 Å². The number of nitrogens with one attached hydrogen (secondary N) is 1. The second-order valence-electron chi connectivity index (χ2n) is 9.57. The van der Waals surface area contributed by atoms with Crippen molar-refractivity contribution < 1.29 is 24.1 Å². The van der Waals surface area contributed by atoms with E-state index in [0.717, 1.165) is 16.7 Å². The highest BCUT2D eigenvalue weighted by Crippen LogP contribution is 2.40. The van der Waals surface area contributed by atoms with Crippen LogP contribution >= 0.6 is 0 Å². The van der Waals surface area contributed by atoms with E-state index in [2.05, 4.69) is 10.2 Å². The van der Waals surface area contributed by atoms with Gasteiger partial charge in [0.25, 0.3) is 0 Å². The van der Waals surface area contributed by atoms with Crippen molar-refractivity contribution in [1.82, 2.24) is 19.4 Å². The quantitative estimate of drug-likeness (QED) is 0.307. The van der Waals surface area contributed by atoms with Crippen LogP contribution in [0.1, 0.15) is 68.1 Å². The first-order valence-electron chi connectivity index (χ1n) is 12.2. The van der Waals surface area contributed by atoms with Crippen molar-refractivity contribution in [2.75, 3.05) is 26.9 Å². The Kier molecular flexibility index (Phi) is 8.39. The molecule has 196 valence electrons. The molecule has 0 fully saturated rings. The molecule has 10 heteroatoms. The highest BCUT2D eigenvalue weighted by Gasteiger charge is 2.26. The third-order valence-corrected chi connectivity index (χ3v) is 5.98. The van der Waals surface area contributed by atoms with Crippen molar-refractivity contribution in [3.8, 4) is 17.4 Å². The topological polar surface area (TPSA) is 124 Å². The Labute approximate surface area is 211 Å². The number of rotatable bonds is 11. The maximum atomic E-state index is 13.4. The van der Waals surface area contributed by atoms with E-state index in [9.17, 15) is 4.79 Å². The Morgan fingerprint density at radius 1 is 1.17 bits per heavy atom. The van der Waals surface area contributed by atoms with Gasteiger partial charge in [0.15, 0.2) is 22.9 Å². The summed E-state index contributed by atoms with van der Waals surface area (Å²) < 4.78 is 20.0. The zero-order valence-electron chi connectivity index (χ0n) is 22.3. The number of hydrogen-bond acceptors (Lipinski definition) is 8. The van der Waals surface area contributed by atoms with Gasteiger partial charge in [-0.25, -0.2) is 4.68 Å². The van der Waals surface area contributed by atoms with E-state index in [1.54, 1.807) is 13.2 Å². The molecule has 0 saturated heterocycles. The number of carbonyl (C=O) groups is 1. The molecule has 1 aromatic carbocycles. The SMILES string of the molecule is CCOc1nn2c(=N)n(CC(=O)c3cc(OCCCO)c(OC)c(C(C)(C)C)c3)nc2c(C)c1CC. The number of aliphatic hydroxyl groups excluding tert-OH is 1. The standard InChI is InChI=1S/C26H37N5O5/c1-8-18-16(3)23-28-30(25(27)31(23)29-24(18)35-9-2)15-20(33)17-13-19(26(4,5)6)22(34-7)21(14-17)36-12-10-11-32/h13-14,27,32H,8-12,15H2,1-7H3. The minimum absolute atomic E-state index is 0.00206. The smallest absolute Gasteiger partial charge is 0.242 e. The number of Topliss-reactive ketones (excluding diaryl/α,β-unsaturated/α-hetero) is 1. The van der Waals surface area contributed by atoms with Gasteiger partial charge in [-0.3, -0.25) is 10.2 Å². The molecule has 0 aliphatic rings. The van der Waals surface area contributed by atoms with Crippen LogP contribution in [-0.2, 0) is 18.4 Å². The summed E-state index contributed by atoms with van der Waals surface area (Å²) in [5.74, 6) is 1.26. The third-order valence-electron chi connectivity index (χ3n) is 5.98. The maximum Gasteiger partial charge on any atom is 0.242 e. The van der Waals surface area contributed by atoms with Gasteiger partial charge in [-0.15, -0.1) is 10.2 Å². The van der Waals surface area contributed by atoms with Gasteiger partial charge in [-0.1, -0.05) is 27.7 Å². The molecule has 0 bridgehead atoms. The van der Waals surface area contributed by atoms with Crippen LogP contribution in [0.3, 0.4) is 0 Å². The first-order chi connectivity index (χ1) is 17.1. The summed E-state index contributed by atoms with van der Waals surface area (Å²) in [6.45, 7) is 12.5. The molecule has 36 heavy (non-hydrogen) atoms. The summed E-state index contributed by atoms with van der Waals surface area (Å²) in [5.41, 5.74) is 3.24. The number of hydrogen-bond donors (Lipinski definition) is 2. The monoisotopic (exact) mass is 499 g/mol. The number of nitrogens with zero attached hydrogens (tertiary/aromatic N) is 4. The number of benzene rings is 1. The van der Waals surface area contributed by atoms with Gasteiger partial charge in [0.2, 0.25) is 11.5 Å². The van der Waals surface area contributed by atoms with Crippen LogP contribution in [0.2, 0.25) is 0 Å². The number of methoxy groups -OCH3 is 1. The summed E-state index contributed by atoms with van der Waals surface area (Å²) in [7, 11) is 1.57. The summed E-state index contributed by atoms with van der Waals surface area (Å²) in [6, 6.07) is 3.46. The Morgan fingerprint density at radius 2 is 1.89 bits per heavy atom. The Balaban J connectivity index is 2.06. The molecule has 0 saturated carbocycles. The van der Waals surface area contributed by atoms with E-state index in [-0.39, 0.29) is 30.0 Å². The second kappa shape index (κ2) is 11.1. The van der Waals surface area contributed by atoms with E-state index in [1.807, 2.05) is 47.6 Å². The van der Waals surface area contributed by atoms with Gasteiger partial charge in [0, 0.05) is 35.3 Å². The van der Waals surface area contributed by atoms with Crippen molar-refractivity contribution in [1.29, 1.82) is 5.41 Å². The van der Waals surface area contributed by atoms with Gasteiger partial charge in [-0.2, -0.15) is 4.52 Å². The fourth-order valence-corrected chi connectivity index (χ4v) is 4.08. The number of aliphatic hydroxyl groups is 1. The first-order valence-corrected chi connectivity index (χ1v) is 12.2. The van der Waals surface area contributed by atoms with Crippen LogP contribution < -0.4 is 19.8 Å². The molecule has 0 aliphatic heterocycles. The lowest BCUT2D eigenvalue weighted by atomic mass is 9.84. The molecule has 2 N–H and O–H groups in total. The van der Waals surface area contributed by atoms with Gasteiger partial charge in [0.05, 0.1) is 20.3 Å². The van der Waals surface area contributed by atoms with Crippen molar-refractivity contribution in [3.63, 3.8) is 0 Å². The molecular formula is C26H37N5O5. The molecule has 2 aromatic heterocycles. The van der Waals surface area contributed by atoms with E-state index in [1.165, 1.54) is 9.20 Å². The zero-order chi connectivity index (χ0) is 26.6. The van der Waals surface area contributed by atoms with Gasteiger partial charge in [-0.05, 0) is 37.8 Å². The molecular weight excluding hydrogens is 462 g/mol. The van der Waals surface area contributed by atoms with E-state index in [0.29, 0.717) is 54.6 Å². The molecule has 10 nitrogen and oxygen atoms in total. The fourth-order valence-electron chi connectivity index (χ4n) is 4.08. The number of fused-ring (bicyclic) bond motifs is 1. The summed E-state index contributed by atoms with van der Waals surface area (Å²) >= 11 is 0. The predicted octanol–water partition coefficient (Wildman–Crippen LogP) is 3.23. The second-order valence-corrected chi connectivity index (χ2v) is 9.57. The molecule has 0 aliphatic carbocycles. The number of aryl methyl sites for hydroxylation is 1. The molecule has 2 heterocycles. The first kappa shape index (κ1) is 27.2. The average Bonchev–Trinajstić information content (AvgIpc) is 3.14. The third kappa shape index (κ3) is 5.38. The Bertz CT molecular complexity index is 1300. The van der Waals surface area contributed by atoms with Gasteiger partial charge < -0.3 is 19.3 Å².